The molecule has 2 aromatic rings. The van der Waals surface area contributed by atoms with Crippen LogP contribution in [0, 0.1) is 11.6 Å². The Morgan fingerprint density at radius 2 is 1.59 bits per heavy atom. The molecule has 0 atom stereocenters. The molecule has 0 N–H and O–H groups in total. The van der Waals surface area contributed by atoms with E-state index in [9.17, 15) is 8.78 Å². The van der Waals surface area contributed by atoms with Gasteiger partial charge in [0.2, 0.25) is 0 Å². The van der Waals surface area contributed by atoms with Crippen LogP contribution in [0.1, 0.15) is 5.56 Å². The van der Waals surface area contributed by atoms with E-state index in [2.05, 4.69) is 25.7 Å². The third kappa shape index (κ3) is 3.65. The quantitative estimate of drug-likeness (QED) is 0.808. The molecule has 3 rings (SSSR count). The summed E-state index contributed by atoms with van der Waals surface area (Å²) in [5.74, 6) is -0.436. The van der Waals surface area contributed by atoms with Crippen molar-refractivity contribution in [3.63, 3.8) is 0 Å². The molecule has 1 aliphatic heterocycles. The number of nitrogens with zero attached hydrogens (tertiary/aromatic N) is 2. The van der Waals surface area contributed by atoms with Crippen molar-refractivity contribution in [3.05, 3.63) is 64.1 Å². The number of hydrogen-bond acceptors (Lipinski definition) is 2. The molecule has 1 saturated heterocycles. The topological polar surface area (TPSA) is 6.48 Å². The second kappa shape index (κ2) is 6.75. The Labute approximate surface area is 137 Å². The first kappa shape index (κ1) is 15.4. The van der Waals surface area contributed by atoms with Crippen molar-refractivity contribution >= 4 is 21.6 Å². The van der Waals surface area contributed by atoms with Gasteiger partial charge in [-0.05, 0) is 57.9 Å². The third-order valence-electron chi connectivity index (χ3n) is 3.95. The molecule has 2 aromatic carbocycles. The molecule has 116 valence electrons. The van der Waals surface area contributed by atoms with Gasteiger partial charge in [0.15, 0.2) is 0 Å². The summed E-state index contributed by atoms with van der Waals surface area (Å²) in [7, 11) is 0. The van der Waals surface area contributed by atoms with Gasteiger partial charge in [-0.2, -0.15) is 0 Å². The highest BCUT2D eigenvalue weighted by molar-refractivity contribution is 9.10. The van der Waals surface area contributed by atoms with Crippen LogP contribution in [0.5, 0.6) is 0 Å². The van der Waals surface area contributed by atoms with E-state index in [1.807, 2.05) is 24.3 Å². The van der Waals surface area contributed by atoms with Crippen molar-refractivity contribution in [2.24, 2.45) is 0 Å². The maximum Gasteiger partial charge on any atom is 0.137 e. The standard InChI is InChI=1S/C17H17BrF2N2/c18-16-11-13(1-6-17(16)20)12-21-7-9-22(10-8-21)15-4-2-14(19)3-5-15/h1-6,11H,7-10,12H2. The first-order valence-electron chi connectivity index (χ1n) is 7.28. The lowest BCUT2D eigenvalue weighted by atomic mass is 10.2. The Morgan fingerprint density at radius 3 is 2.23 bits per heavy atom. The van der Waals surface area contributed by atoms with Crippen LogP contribution in [0.2, 0.25) is 0 Å². The Morgan fingerprint density at radius 1 is 0.909 bits per heavy atom. The van der Waals surface area contributed by atoms with Crippen LogP contribution < -0.4 is 4.90 Å². The van der Waals surface area contributed by atoms with Gasteiger partial charge >= 0.3 is 0 Å². The minimum absolute atomic E-state index is 0.204. The van der Waals surface area contributed by atoms with Gasteiger partial charge in [0.25, 0.3) is 0 Å². The van der Waals surface area contributed by atoms with Crippen molar-refractivity contribution in [2.75, 3.05) is 31.1 Å². The van der Waals surface area contributed by atoms with Crippen LogP contribution >= 0.6 is 15.9 Å². The highest BCUT2D eigenvalue weighted by atomic mass is 79.9. The van der Waals surface area contributed by atoms with Crippen LogP contribution in [-0.2, 0) is 6.54 Å². The van der Waals surface area contributed by atoms with E-state index in [-0.39, 0.29) is 11.6 Å². The van der Waals surface area contributed by atoms with Crippen molar-refractivity contribution in [1.29, 1.82) is 0 Å². The minimum atomic E-state index is -0.232. The summed E-state index contributed by atoms with van der Waals surface area (Å²) in [6.07, 6.45) is 0. The molecule has 0 aromatic heterocycles. The molecule has 0 saturated carbocycles. The molecular formula is C17H17BrF2N2. The second-order valence-corrected chi connectivity index (χ2v) is 6.34. The molecule has 1 aliphatic rings. The molecule has 1 heterocycles. The van der Waals surface area contributed by atoms with E-state index in [4.69, 9.17) is 0 Å². The van der Waals surface area contributed by atoms with Crippen LogP contribution in [-0.4, -0.2) is 31.1 Å². The van der Waals surface area contributed by atoms with Crippen LogP contribution in [0.4, 0.5) is 14.5 Å². The van der Waals surface area contributed by atoms with Gasteiger partial charge in [-0.15, -0.1) is 0 Å². The van der Waals surface area contributed by atoms with Gasteiger partial charge in [-0.3, -0.25) is 4.90 Å². The number of anilines is 1. The summed E-state index contributed by atoms with van der Waals surface area (Å²) in [4.78, 5) is 4.61. The number of rotatable bonds is 3. The van der Waals surface area contributed by atoms with E-state index >= 15 is 0 Å². The van der Waals surface area contributed by atoms with Gasteiger partial charge in [-0.25, -0.2) is 8.78 Å². The Bertz CT molecular complexity index is 638. The number of hydrogen-bond donors (Lipinski definition) is 0. The molecule has 1 fully saturated rings. The fourth-order valence-electron chi connectivity index (χ4n) is 2.71. The maximum atomic E-state index is 13.3. The predicted octanol–water partition coefficient (Wildman–Crippen LogP) is 4.05. The van der Waals surface area contributed by atoms with Crippen molar-refractivity contribution in [3.8, 4) is 0 Å². The lowest BCUT2D eigenvalue weighted by molar-refractivity contribution is 0.249. The summed E-state index contributed by atoms with van der Waals surface area (Å²) in [5, 5.41) is 0. The summed E-state index contributed by atoms with van der Waals surface area (Å²) >= 11 is 3.22. The average Bonchev–Trinajstić information content (AvgIpc) is 2.53. The average molecular weight is 367 g/mol. The lowest BCUT2D eigenvalue weighted by Gasteiger charge is -2.36. The summed E-state index contributed by atoms with van der Waals surface area (Å²) < 4.78 is 26.7. The Hall–Kier alpha value is -1.46. The molecule has 0 amide bonds. The first-order chi connectivity index (χ1) is 10.6. The van der Waals surface area contributed by atoms with E-state index < -0.39 is 0 Å². The summed E-state index contributed by atoms with van der Waals surface area (Å²) in [6, 6.07) is 11.8. The maximum absolute atomic E-state index is 13.3. The number of halogens is 3. The zero-order chi connectivity index (χ0) is 15.5. The molecule has 22 heavy (non-hydrogen) atoms. The lowest BCUT2D eigenvalue weighted by Crippen LogP contribution is -2.45. The molecule has 0 spiro atoms. The largest absolute Gasteiger partial charge is 0.369 e. The van der Waals surface area contributed by atoms with Gasteiger partial charge in [0.05, 0.1) is 4.47 Å². The fourth-order valence-corrected chi connectivity index (χ4v) is 3.14. The van der Waals surface area contributed by atoms with Gasteiger partial charge in [0, 0.05) is 38.4 Å². The Balaban J connectivity index is 1.57. The molecule has 2 nitrogen and oxygen atoms in total. The number of piperazine rings is 1. The monoisotopic (exact) mass is 366 g/mol. The molecule has 0 radical (unpaired) electrons. The summed E-state index contributed by atoms with van der Waals surface area (Å²) in [5.41, 5.74) is 2.16. The van der Waals surface area contributed by atoms with Crippen molar-refractivity contribution in [1.82, 2.24) is 4.90 Å². The van der Waals surface area contributed by atoms with E-state index in [0.29, 0.717) is 4.47 Å². The van der Waals surface area contributed by atoms with Gasteiger partial charge in [-0.1, -0.05) is 6.07 Å². The second-order valence-electron chi connectivity index (χ2n) is 5.49. The van der Waals surface area contributed by atoms with Gasteiger partial charge in [0.1, 0.15) is 11.6 Å². The van der Waals surface area contributed by atoms with Crippen molar-refractivity contribution < 1.29 is 8.78 Å². The molecular weight excluding hydrogens is 350 g/mol. The predicted molar refractivity (Wildman–Crippen MR) is 88.0 cm³/mol. The number of benzene rings is 2. The third-order valence-corrected chi connectivity index (χ3v) is 4.56. The van der Waals surface area contributed by atoms with Crippen molar-refractivity contribution in [2.45, 2.75) is 6.54 Å². The zero-order valence-electron chi connectivity index (χ0n) is 12.1. The highest BCUT2D eigenvalue weighted by Gasteiger charge is 2.17. The Kier molecular flexibility index (Phi) is 4.74. The SMILES string of the molecule is Fc1ccc(N2CCN(Cc3ccc(F)c(Br)c3)CC2)cc1. The first-order valence-corrected chi connectivity index (χ1v) is 8.08. The smallest absolute Gasteiger partial charge is 0.137 e. The van der Waals surface area contributed by atoms with E-state index in [1.165, 1.54) is 18.2 Å². The highest BCUT2D eigenvalue weighted by Crippen LogP contribution is 2.20. The minimum Gasteiger partial charge on any atom is -0.369 e. The molecule has 0 unspecified atom stereocenters. The van der Waals surface area contributed by atoms with Crippen LogP contribution in [0.25, 0.3) is 0 Å². The molecule has 5 heteroatoms. The molecule has 0 aliphatic carbocycles. The van der Waals surface area contributed by atoms with E-state index in [1.54, 1.807) is 0 Å². The summed E-state index contributed by atoms with van der Waals surface area (Å²) in [6.45, 7) is 4.51. The van der Waals surface area contributed by atoms with Crippen LogP contribution in [0.15, 0.2) is 46.9 Å². The molecule has 0 bridgehead atoms. The fraction of sp³-hybridized carbons (Fsp3) is 0.294. The normalized spacial score (nSPS) is 16.0. The zero-order valence-corrected chi connectivity index (χ0v) is 13.7. The van der Waals surface area contributed by atoms with E-state index in [0.717, 1.165) is 44.0 Å². The van der Waals surface area contributed by atoms with Crippen LogP contribution in [0.3, 0.4) is 0 Å². The van der Waals surface area contributed by atoms with Gasteiger partial charge < -0.3 is 4.90 Å².